The summed E-state index contributed by atoms with van der Waals surface area (Å²) < 4.78 is 0. The minimum atomic E-state index is -0.554. The molecule has 7 unspecified atom stereocenters. The number of rotatable bonds is 2. The molecule has 364 valence electrons. The third-order valence-corrected chi connectivity index (χ3v) is 25.3. The maximum atomic E-state index is 12.0. The van der Waals surface area contributed by atoms with E-state index in [9.17, 15) is 15.0 Å². The van der Waals surface area contributed by atoms with Crippen LogP contribution in [0.15, 0.2) is 24.3 Å². The van der Waals surface area contributed by atoms with E-state index in [1.165, 1.54) is 148 Å². The molecule has 0 aromatic heterocycles. The highest BCUT2D eigenvalue weighted by Crippen LogP contribution is 2.75. The van der Waals surface area contributed by atoms with Crippen molar-refractivity contribution in [3.63, 3.8) is 0 Å². The number of carbonyl (C=O) groups excluding carboxylic acids is 2. The van der Waals surface area contributed by atoms with Crippen LogP contribution in [0.25, 0.3) is 0 Å². The van der Waals surface area contributed by atoms with Crippen molar-refractivity contribution in [2.75, 3.05) is 6.61 Å². The summed E-state index contributed by atoms with van der Waals surface area (Å²) >= 11 is 0. The van der Waals surface area contributed by atoms with Crippen LogP contribution in [0.4, 0.5) is 0 Å². The molecule has 0 aliphatic heterocycles. The number of aliphatic hydroxyl groups is 1. The van der Waals surface area contributed by atoms with Crippen molar-refractivity contribution < 1.29 is 24.6 Å². The van der Waals surface area contributed by atoms with Gasteiger partial charge in [-0.15, -0.1) is 0 Å². The second-order valence-corrected chi connectivity index (χ2v) is 29.0. The standard InChI is InChI=1S/C20H30O2.C20H34O.C19H30.CO2/c1-17-9-5-15-18(2)7-4-8-19(3,16(21)22)14(18)6-10-20(15,13-17)12-11-17;1-17-9-5-16-19(3)8-4-7-18(2,14-21)15(19)6-10-20(16,13-17)12-11-17;1-14-5-4-8-18(3)15(14)6-10-19-12-11-17(2,13-19)9-7-16(18)19;2-1-3/h11-12,14-15H,4-10,13H2,1-3H3,(H,21,22);15-16,21H,4-14H2,1-3H3;11-12,14-16H,4-10,13H2,1-3H3;/t14?,15?,17-,18-,19+,20+;15?,16?,17-,18-,19-,20+;14-,15?,16?,17+,18+,19?;/m110./s1. The fraction of sp³-hybridized carbons (Fsp3) is 0.900. The number of allylic oxidation sites excluding steroid dienone is 4. The highest BCUT2D eigenvalue weighted by Gasteiger charge is 2.67. The van der Waals surface area contributed by atoms with Gasteiger partial charge in [0.25, 0.3) is 0 Å². The molecule has 10 saturated carbocycles. The molecule has 18 atom stereocenters. The fourth-order valence-corrected chi connectivity index (χ4v) is 22.5. The number of carboxylic acid groups (broad SMARTS) is 1. The van der Waals surface area contributed by atoms with Gasteiger partial charge in [0.05, 0.1) is 5.41 Å². The van der Waals surface area contributed by atoms with Gasteiger partial charge in [-0.25, -0.2) is 0 Å². The second kappa shape index (κ2) is 16.2. The highest BCUT2D eigenvalue weighted by atomic mass is 16.4. The quantitative estimate of drug-likeness (QED) is 0.270. The normalized spacial score (nSPS) is 55.8. The SMILES string of the molecule is C[C@@]12CCC3[C@@](CCC4[C@@](C)(CO)CCC[C@]43C)(CC1)C2.C[C@H]1CCC[C@]2(C)C1CCC13C=C[C@@](C)(CCC12)C3.C[C@]12C=C[C@@]3(CCC4[C@@](C)(CCC[C@]4(C)C(=O)O)C3CC1)C2.O=C=O. The predicted octanol–water partition coefficient (Wildman–Crippen LogP) is 15.2. The summed E-state index contributed by atoms with van der Waals surface area (Å²) in [6, 6.07) is 0. The number of aliphatic hydroxyl groups excluding tert-OH is 1. The summed E-state index contributed by atoms with van der Waals surface area (Å²) in [4.78, 5) is 28.3. The van der Waals surface area contributed by atoms with Crippen LogP contribution in [0, 0.1) is 101 Å². The van der Waals surface area contributed by atoms with Crippen molar-refractivity contribution >= 4 is 12.1 Å². The largest absolute Gasteiger partial charge is 0.481 e. The van der Waals surface area contributed by atoms with Gasteiger partial charge in [0, 0.05) is 6.61 Å². The lowest BCUT2D eigenvalue weighted by molar-refractivity contribution is -0.191. The van der Waals surface area contributed by atoms with E-state index < -0.39 is 11.4 Å². The van der Waals surface area contributed by atoms with Crippen LogP contribution in [-0.4, -0.2) is 28.9 Å². The van der Waals surface area contributed by atoms with Gasteiger partial charge in [0.2, 0.25) is 0 Å². The molecule has 0 aromatic rings. The molecule has 0 radical (unpaired) electrons. The maximum Gasteiger partial charge on any atom is 0.373 e. The summed E-state index contributed by atoms with van der Waals surface area (Å²) in [6.45, 7) is 22.6. The molecule has 3 spiro atoms. The average molecular weight is 895 g/mol. The molecule has 0 aromatic carbocycles. The Balaban J connectivity index is 0.000000120. The van der Waals surface area contributed by atoms with Crippen molar-refractivity contribution in [2.45, 2.75) is 229 Å². The Labute approximate surface area is 396 Å². The van der Waals surface area contributed by atoms with Crippen LogP contribution in [0.2, 0.25) is 0 Å². The molecule has 5 heteroatoms. The summed E-state index contributed by atoms with van der Waals surface area (Å²) in [5, 5.41) is 20.0. The monoisotopic (exact) mass is 895 g/mol. The summed E-state index contributed by atoms with van der Waals surface area (Å²) in [6.07, 6.45) is 46.3. The molecule has 5 nitrogen and oxygen atoms in total. The number of carboxylic acids is 1. The molecule has 0 heterocycles. The van der Waals surface area contributed by atoms with Crippen molar-refractivity contribution in [1.82, 2.24) is 0 Å². The van der Waals surface area contributed by atoms with E-state index in [0.717, 1.165) is 48.9 Å². The Bertz CT molecular complexity index is 1930. The molecule has 0 saturated heterocycles. The summed E-state index contributed by atoms with van der Waals surface area (Å²) in [5.74, 6) is 5.22. The maximum absolute atomic E-state index is 12.0. The Hall–Kier alpha value is -1.71. The van der Waals surface area contributed by atoms with Crippen molar-refractivity contribution in [2.24, 2.45) is 101 Å². The smallest absolute Gasteiger partial charge is 0.373 e. The van der Waals surface area contributed by atoms with Crippen LogP contribution in [0.5, 0.6) is 0 Å². The Morgan fingerprint density at radius 3 is 1.66 bits per heavy atom. The first kappa shape index (κ1) is 48.3. The summed E-state index contributed by atoms with van der Waals surface area (Å²) in [5.41, 5.74) is 4.42. The number of aliphatic carboxylic acids is 1. The van der Waals surface area contributed by atoms with Gasteiger partial charge in [0.1, 0.15) is 0 Å². The number of hydrogen-bond acceptors (Lipinski definition) is 4. The van der Waals surface area contributed by atoms with E-state index in [-0.39, 0.29) is 17.0 Å². The molecule has 6 bridgehead atoms. The zero-order valence-electron chi connectivity index (χ0n) is 43.1. The van der Waals surface area contributed by atoms with E-state index in [1.54, 1.807) is 0 Å². The zero-order chi connectivity index (χ0) is 46.7. The van der Waals surface area contributed by atoms with Gasteiger partial charge in [-0.05, 0) is 244 Å². The van der Waals surface area contributed by atoms with E-state index >= 15 is 0 Å². The van der Waals surface area contributed by atoms with Gasteiger partial charge < -0.3 is 10.2 Å². The van der Waals surface area contributed by atoms with Gasteiger partial charge in [-0.1, -0.05) is 105 Å². The minimum absolute atomic E-state index is 0.202. The van der Waals surface area contributed by atoms with Crippen molar-refractivity contribution in [3.8, 4) is 0 Å². The molecule has 2 N–H and O–H groups in total. The van der Waals surface area contributed by atoms with Gasteiger partial charge >= 0.3 is 12.1 Å². The van der Waals surface area contributed by atoms with Gasteiger partial charge in [0.15, 0.2) is 0 Å². The van der Waals surface area contributed by atoms with Crippen LogP contribution in [0.1, 0.15) is 229 Å². The van der Waals surface area contributed by atoms with Crippen LogP contribution in [0.3, 0.4) is 0 Å². The molecule has 65 heavy (non-hydrogen) atoms. The van der Waals surface area contributed by atoms with E-state index in [4.69, 9.17) is 9.59 Å². The van der Waals surface area contributed by atoms with Crippen molar-refractivity contribution in [1.29, 1.82) is 0 Å². The first-order valence-corrected chi connectivity index (χ1v) is 27.7. The Morgan fingerprint density at radius 1 is 0.523 bits per heavy atom. The first-order valence-electron chi connectivity index (χ1n) is 27.7. The third kappa shape index (κ3) is 7.37. The molecular weight excluding hydrogens is 801 g/mol. The van der Waals surface area contributed by atoms with E-state index in [2.05, 4.69) is 79.7 Å². The summed E-state index contributed by atoms with van der Waals surface area (Å²) in [7, 11) is 0. The molecule has 12 aliphatic carbocycles. The third-order valence-electron chi connectivity index (χ3n) is 25.3. The van der Waals surface area contributed by atoms with E-state index in [0.29, 0.717) is 61.8 Å². The van der Waals surface area contributed by atoms with Crippen molar-refractivity contribution in [3.05, 3.63) is 24.3 Å². The van der Waals surface area contributed by atoms with Gasteiger partial charge in [-0.3, -0.25) is 4.79 Å². The Morgan fingerprint density at radius 2 is 1.05 bits per heavy atom. The molecule has 0 amide bonds. The fourth-order valence-electron chi connectivity index (χ4n) is 22.5. The predicted molar refractivity (Wildman–Crippen MR) is 260 cm³/mol. The lowest BCUT2D eigenvalue weighted by atomic mass is 9.40. The zero-order valence-corrected chi connectivity index (χ0v) is 43.1. The second-order valence-electron chi connectivity index (χ2n) is 29.0. The van der Waals surface area contributed by atoms with Crippen LogP contribution in [-0.2, 0) is 14.4 Å². The van der Waals surface area contributed by atoms with Crippen LogP contribution >= 0.6 is 0 Å². The lowest BCUT2D eigenvalue weighted by Crippen LogP contribution is -2.58. The number of carbonyl (C=O) groups is 1. The highest BCUT2D eigenvalue weighted by molar-refractivity contribution is 5.75. The first-order chi connectivity index (χ1) is 30.5. The molecule has 12 aliphatic rings. The van der Waals surface area contributed by atoms with E-state index in [1.807, 2.05) is 6.92 Å². The molecule has 12 rings (SSSR count). The van der Waals surface area contributed by atoms with Crippen LogP contribution < -0.4 is 0 Å². The Kier molecular flexibility index (Phi) is 12.0. The topological polar surface area (TPSA) is 91.7 Å². The molecule has 10 fully saturated rings. The number of hydrogen-bond donors (Lipinski definition) is 2. The minimum Gasteiger partial charge on any atom is -0.481 e. The van der Waals surface area contributed by atoms with Gasteiger partial charge in [-0.2, -0.15) is 9.59 Å². The number of fused-ring (bicyclic) bond motifs is 9. The molecular formula is C60H94O5. The average Bonchev–Trinajstić information content (AvgIpc) is 3.76. The lowest BCUT2D eigenvalue weighted by Gasteiger charge is -2.64.